The van der Waals surface area contributed by atoms with E-state index in [4.69, 9.17) is 5.73 Å². The largest absolute Gasteiger partial charge is 0.395 e. The Morgan fingerprint density at radius 1 is 1.17 bits per heavy atom. The van der Waals surface area contributed by atoms with Crippen LogP contribution in [0.5, 0.6) is 0 Å². The van der Waals surface area contributed by atoms with Gasteiger partial charge in [0.25, 0.3) is 0 Å². The third-order valence-corrected chi connectivity index (χ3v) is 4.26. The van der Waals surface area contributed by atoms with Crippen molar-refractivity contribution in [2.45, 2.75) is 43.9 Å². The molecule has 3 N–H and O–H groups in total. The SMILES string of the molecule is NC(C1CC1)C(CO)N1CCC(C(F)(F)F)CC1. The number of aliphatic hydroxyl groups excluding tert-OH is 1. The lowest BCUT2D eigenvalue weighted by Gasteiger charge is -2.39. The van der Waals surface area contributed by atoms with Gasteiger partial charge in [0.1, 0.15) is 0 Å². The number of hydrogen-bond acceptors (Lipinski definition) is 3. The van der Waals surface area contributed by atoms with E-state index in [0.717, 1.165) is 12.8 Å². The topological polar surface area (TPSA) is 49.5 Å². The standard InChI is InChI=1S/C12H21F3N2O/c13-12(14,15)9-3-5-17(6-4-9)10(7-18)11(16)8-1-2-8/h8-11,18H,1-7,16H2. The van der Waals surface area contributed by atoms with Crippen LogP contribution in [-0.2, 0) is 0 Å². The Bertz CT molecular complexity index is 273. The van der Waals surface area contributed by atoms with Crippen molar-refractivity contribution in [2.24, 2.45) is 17.6 Å². The van der Waals surface area contributed by atoms with Gasteiger partial charge < -0.3 is 10.8 Å². The molecule has 2 atom stereocenters. The zero-order valence-electron chi connectivity index (χ0n) is 10.4. The first-order chi connectivity index (χ1) is 8.43. The first-order valence-electron chi connectivity index (χ1n) is 6.60. The minimum Gasteiger partial charge on any atom is -0.395 e. The van der Waals surface area contributed by atoms with E-state index in [0.29, 0.717) is 19.0 Å². The minimum absolute atomic E-state index is 0.0612. The van der Waals surface area contributed by atoms with E-state index >= 15 is 0 Å². The molecule has 1 saturated carbocycles. The van der Waals surface area contributed by atoms with Crippen LogP contribution < -0.4 is 5.73 Å². The van der Waals surface area contributed by atoms with E-state index in [9.17, 15) is 18.3 Å². The summed E-state index contributed by atoms with van der Waals surface area (Å²) in [7, 11) is 0. The van der Waals surface area contributed by atoms with Gasteiger partial charge in [0.15, 0.2) is 0 Å². The molecule has 1 saturated heterocycles. The maximum Gasteiger partial charge on any atom is 0.391 e. The van der Waals surface area contributed by atoms with Gasteiger partial charge in [0.2, 0.25) is 0 Å². The Balaban J connectivity index is 1.87. The smallest absolute Gasteiger partial charge is 0.391 e. The van der Waals surface area contributed by atoms with Crippen LogP contribution in [0.3, 0.4) is 0 Å². The van der Waals surface area contributed by atoms with Gasteiger partial charge in [-0.1, -0.05) is 0 Å². The summed E-state index contributed by atoms with van der Waals surface area (Å²) in [6.45, 7) is 0.708. The van der Waals surface area contributed by atoms with Gasteiger partial charge in [-0.15, -0.1) is 0 Å². The summed E-state index contributed by atoms with van der Waals surface area (Å²) in [5.74, 6) is -0.743. The first kappa shape index (κ1) is 14.1. The fourth-order valence-electron chi connectivity index (χ4n) is 2.83. The molecule has 2 unspecified atom stereocenters. The Morgan fingerprint density at radius 3 is 2.11 bits per heavy atom. The molecule has 0 amide bonds. The summed E-state index contributed by atoms with van der Waals surface area (Å²) in [4.78, 5) is 1.94. The summed E-state index contributed by atoms with van der Waals surface area (Å²) in [6, 6.07) is -0.274. The van der Waals surface area contributed by atoms with Crippen LogP contribution in [0, 0.1) is 11.8 Å². The van der Waals surface area contributed by atoms with Crippen molar-refractivity contribution in [3.63, 3.8) is 0 Å². The van der Waals surface area contributed by atoms with Crippen molar-refractivity contribution < 1.29 is 18.3 Å². The fraction of sp³-hybridized carbons (Fsp3) is 1.00. The van der Waals surface area contributed by atoms with Crippen molar-refractivity contribution in [2.75, 3.05) is 19.7 Å². The van der Waals surface area contributed by atoms with E-state index in [-0.39, 0.29) is 31.5 Å². The average molecular weight is 266 g/mol. The minimum atomic E-state index is -4.08. The van der Waals surface area contributed by atoms with Crippen molar-refractivity contribution >= 4 is 0 Å². The maximum absolute atomic E-state index is 12.6. The number of alkyl halides is 3. The zero-order chi connectivity index (χ0) is 13.3. The molecule has 0 spiro atoms. The van der Waals surface area contributed by atoms with Gasteiger partial charge in [0.05, 0.1) is 12.5 Å². The number of halogens is 3. The zero-order valence-corrected chi connectivity index (χ0v) is 10.4. The summed E-state index contributed by atoms with van der Waals surface area (Å²) in [5.41, 5.74) is 6.06. The maximum atomic E-state index is 12.6. The molecule has 3 nitrogen and oxygen atoms in total. The lowest BCUT2D eigenvalue weighted by Crippen LogP contribution is -2.54. The van der Waals surface area contributed by atoms with Crippen LogP contribution in [0.15, 0.2) is 0 Å². The van der Waals surface area contributed by atoms with Gasteiger partial charge in [-0.2, -0.15) is 13.2 Å². The van der Waals surface area contributed by atoms with E-state index < -0.39 is 12.1 Å². The summed E-state index contributed by atoms with van der Waals surface area (Å²) >= 11 is 0. The highest BCUT2D eigenvalue weighted by molar-refractivity contribution is 4.94. The first-order valence-corrected chi connectivity index (χ1v) is 6.60. The summed E-state index contributed by atoms with van der Waals surface area (Å²) < 4.78 is 37.7. The van der Waals surface area contributed by atoms with Gasteiger partial charge in [-0.3, -0.25) is 4.90 Å². The molecule has 0 bridgehead atoms. The molecule has 18 heavy (non-hydrogen) atoms. The molecular weight excluding hydrogens is 245 g/mol. The quantitative estimate of drug-likeness (QED) is 0.807. The molecule has 0 aromatic rings. The Hall–Kier alpha value is -0.330. The highest BCUT2D eigenvalue weighted by Gasteiger charge is 2.43. The molecule has 0 aromatic carbocycles. The van der Waals surface area contributed by atoms with E-state index in [1.807, 2.05) is 4.90 Å². The second kappa shape index (κ2) is 5.35. The molecule has 1 aliphatic heterocycles. The number of aliphatic hydroxyl groups is 1. The van der Waals surface area contributed by atoms with Crippen molar-refractivity contribution in [3.8, 4) is 0 Å². The predicted molar refractivity (Wildman–Crippen MR) is 61.9 cm³/mol. The van der Waals surface area contributed by atoms with Gasteiger partial charge in [-0.05, 0) is 44.7 Å². The van der Waals surface area contributed by atoms with E-state index in [2.05, 4.69) is 0 Å². The third-order valence-electron chi connectivity index (χ3n) is 4.26. The lowest BCUT2D eigenvalue weighted by molar-refractivity contribution is -0.186. The second-order valence-electron chi connectivity index (χ2n) is 5.52. The summed E-state index contributed by atoms with van der Waals surface area (Å²) in [5, 5.41) is 9.41. The molecule has 0 aromatic heterocycles. The monoisotopic (exact) mass is 266 g/mol. The van der Waals surface area contributed by atoms with Gasteiger partial charge in [0, 0.05) is 12.1 Å². The van der Waals surface area contributed by atoms with Crippen LogP contribution >= 0.6 is 0 Å². The molecule has 0 radical (unpaired) electrons. The average Bonchev–Trinajstić information content (AvgIpc) is 3.13. The number of hydrogen-bond donors (Lipinski definition) is 2. The molecular formula is C12H21F3N2O. The Labute approximate surface area is 105 Å². The molecule has 1 heterocycles. The number of nitrogens with two attached hydrogens (primary N) is 1. The fourth-order valence-corrected chi connectivity index (χ4v) is 2.83. The summed E-state index contributed by atoms with van der Waals surface area (Å²) in [6.07, 6.45) is -1.68. The lowest BCUT2D eigenvalue weighted by atomic mass is 9.93. The Morgan fingerprint density at radius 2 is 1.72 bits per heavy atom. The van der Waals surface area contributed by atoms with E-state index in [1.54, 1.807) is 0 Å². The van der Waals surface area contributed by atoms with Crippen LogP contribution in [0.1, 0.15) is 25.7 Å². The molecule has 2 aliphatic rings. The van der Waals surface area contributed by atoms with Crippen LogP contribution in [0.25, 0.3) is 0 Å². The van der Waals surface area contributed by atoms with Crippen molar-refractivity contribution in [1.29, 1.82) is 0 Å². The molecule has 2 rings (SSSR count). The molecule has 1 aliphatic carbocycles. The number of nitrogens with zero attached hydrogens (tertiary/aromatic N) is 1. The molecule has 6 heteroatoms. The van der Waals surface area contributed by atoms with Crippen molar-refractivity contribution in [3.05, 3.63) is 0 Å². The predicted octanol–water partition coefficient (Wildman–Crippen LogP) is 1.36. The number of likely N-dealkylation sites (tertiary alicyclic amines) is 1. The second-order valence-corrected chi connectivity index (χ2v) is 5.52. The molecule has 2 fully saturated rings. The van der Waals surface area contributed by atoms with Crippen LogP contribution in [-0.4, -0.2) is 48.0 Å². The van der Waals surface area contributed by atoms with Crippen molar-refractivity contribution in [1.82, 2.24) is 4.90 Å². The molecule has 106 valence electrons. The van der Waals surface area contributed by atoms with Crippen LogP contribution in [0.4, 0.5) is 13.2 Å². The van der Waals surface area contributed by atoms with E-state index in [1.165, 1.54) is 0 Å². The van der Waals surface area contributed by atoms with Crippen LogP contribution in [0.2, 0.25) is 0 Å². The third kappa shape index (κ3) is 3.16. The normalized spacial score (nSPS) is 27.2. The number of rotatable bonds is 4. The highest BCUT2D eigenvalue weighted by Crippen LogP contribution is 2.37. The van der Waals surface area contributed by atoms with Gasteiger partial charge in [-0.25, -0.2) is 0 Å². The van der Waals surface area contributed by atoms with Gasteiger partial charge >= 0.3 is 6.18 Å². The Kier molecular flexibility index (Phi) is 4.18. The number of piperidine rings is 1. The highest BCUT2D eigenvalue weighted by atomic mass is 19.4.